The van der Waals surface area contributed by atoms with E-state index in [0.29, 0.717) is 18.9 Å². The van der Waals surface area contributed by atoms with Crippen molar-refractivity contribution in [2.75, 3.05) is 38.5 Å². The number of hydrogen-bond donors (Lipinski definition) is 2. The molecule has 154 valence electrons. The van der Waals surface area contributed by atoms with Crippen molar-refractivity contribution in [1.29, 1.82) is 0 Å². The van der Waals surface area contributed by atoms with Gasteiger partial charge in [-0.25, -0.2) is 4.79 Å². The highest BCUT2D eigenvalue weighted by atomic mass is 16.2. The molecule has 3 amide bonds. The van der Waals surface area contributed by atoms with Gasteiger partial charge in [0, 0.05) is 51.4 Å². The van der Waals surface area contributed by atoms with Crippen LogP contribution >= 0.6 is 0 Å². The van der Waals surface area contributed by atoms with E-state index in [0.717, 1.165) is 43.9 Å². The van der Waals surface area contributed by atoms with E-state index in [1.807, 2.05) is 29.2 Å². The van der Waals surface area contributed by atoms with Gasteiger partial charge >= 0.3 is 6.03 Å². The van der Waals surface area contributed by atoms with Crippen LogP contribution in [0.5, 0.6) is 0 Å². The number of benzene rings is 1. The normalized spacial score (nSPS) is 19.1. The molecular formula is C22H34N4O2. The molecule has 2 fully saturated rings. The van der Waals surface area contributed by atoms with Crippen LogP contribution in [0.15, 0.2) is 24.3 Å². The SMILES string of the molecule is CNC(=O)CCc1ccccc1NC(=O)N1CCCN(C2CCCCC2)CC1. The van der Waals surface area contributed by atoms with E-state index in [2.05, 4.69) is 15.5 Å². The smallest absolute Gasteiger partial charge is 0.321 e. The molecule has 2 aliphatic rings. The minimum Gasteiger partial charge on any atom is -0.359 e. The van der Waals surface area contributed by atoms with E-state index in [-0.39, 0.29) is 11.9 Å². The molecule has 0 radical (unpaired) electrons. The minimum absolute atomic E-state index is 0.0106. The fourth-order valence-corrected chi connectivity index (χ4v) is 4.38. The maximum absolute atomic E-state index is 12.9. The van der Waals surface area contributed by atoms with Gasteiger partial charge in [0.2, 0.25) is 5.91 Å². The Morgan fingerprint density at radius 3 is 2.57 bits per heavy atom. The predicted octanol–water partition coefficient (Wildman–Crippen LogP) is 3.24. The predicted molar refractivity (Wildman–Crippen MR) is 112 cm³/mol. The second kappa shape index (κ2) is 10.5. The average molecular weight is 387 g/mol. The van der Waals surface area contributed by atoms with Crippen molar-refractivity contribution in [3.8, 4) is 0 Å². The van der Waals surface area contributed by atoms with Crippen LogP contribution in [0.2, 0.25) is 0 Å². The first-order valence-corrected chi connectivity index (χ1v) is 10.8. The molecule has 1 aromatic carbocycles. The van der Waals surface area contributed by atoms with E-state index >= 15 is 0 Å². The largest absolute Gasteiger partial charge is 0.359 e. The number of rotatable bonds is 5. The first-order chi connectivity index (χ1) is 13.7. The maximum atomic E-state index is 12.9. The summed E-state index contributed by atoms with van der Waals surface area (Å²) in [5.74, 6) is 0.0106. The molecule has 1 aliphatic carbocycles. The first-order valence-electron chi connectivity index (χ1n) is 10.8. The molecule has 3 rings (SSSR count). The quantitative estimate of drug-likeness (QED) is 0.817. The second-order valence-electron chi connectivity index (χ2n) is 7.93. The Hall–Kier alpha value is -2.08. The molecular weight excluding hydrogens is 352 g/mol. The number of amides is 3. The highest BCUT2D eigenvalue weighted by Crippen LogP contribution is 2.24. The van der Waals surface area contributed by atoms with Crippen LogP contribution < -0.4 is 10.6 Å². The third-order valence-electron chi connectivity index (χ3n) is 6.07. The highest BCUT2D eigenvalue weighted by molar-refractivity contribution is 5.90. The molecule has 1 saturated heterocycles. The molecule has 0 unspecified atom stereocenters. The van der Waals surface area contributed by atoms with Gasteiger partial charge in [-0.05, 0) is 37.3 Å². The highest BCUT2D eigenvalue weighted by Gasteiger charge is 2.25. The third kappa shape index (κ3) is 5.71. The van der Waals surface area contributed by atoms with Gasteiger partial charge in [0.05, 0.1) is 0 Å². The zero-order chi connectivity index (χ0) is 19.8. The Morgan fingerprint density at radius 2 is 1.79 bits per heavy atom. The fourth-order valence-electron chi connectivity index (χ4n) is 4.38. The van der Waals surface area contributed by atoms with Crippen LogP contribution in [0.25, 0.3) is 0 Å². The zero-order valence-electron chi connectivity index (χ0n) is 17.1. The Balaban J connectivity index is 1.55. The Labute approximate surface area is 168 Å². The van der Waals surface area contributed by atoms with E-state index in [4.69, 9.17) is 0 Å². The Kier molecular flexibility index (Phi) is 7.71. The zero-order valence-corrected chi connectivity index (χ0v) is 17.1. The van der Waals surface area contributed by atoms with Crippen molar-refractivity contribution in [3.63, 3.8) is 0 Å². The van der Waals surface area contributed by atoms with E-state index in [9.17, 15) is 9.59 Å². The van der Waals surface area contributed by atoms with Gasteiger partial charge in [-0.2, -0.15) is 0 Å². The van der Waals surface area contributed by atoms with E-state index < -0.39 is 0 Å². The minimum atomic E-state index is -0.0297. The lowest BCUT2D eigenvalue weighted by atomic mass is 9.94. The monoisotopic (exact) mass is 386 g/mol. The first kappa shape index (κ1) is 20.6. The number of para-hydroxylation sites is 1. The van der Waals surface area contributed by atoms with Crippen molar-refractivity contribution in [2.45, 2.75) is 57.4 Å². The van der Waals surface area contributed by atoms with Crippen LogP contribution in [0.4, 0.5) is 10.5 Å². The number of carbonyl (C=O) groups excluding carboxylic acids is 2. The van der Waals surface area contributed by atoms with Crippen LogP contribution in [0.1, 0.15) is 50.5 Å². The summed E-state index contributed by atoms with van der Waals surface area (Å²) in [7, 11) is 1.64. The Bertz CT molecular complexity index is 658. The van der Waals surface area contributed by atoms with Gasteiger partial charge in [-0.3, -0.25) is 9.69 Å². The number of carbonyl (C=O) groups is 2. The van der Waals surface area contributed by atoms with Crippen molar-refractivity contribution in [1.82, 2.24) is 15.1 Å². The van der Waals surface area contributed by atoms with E-state index in [1.165, 1.54) is 32.1 Å². The maximum Gasteiger partial charge on any atom is 0.321 e. The second-order valence-corrected chi connectivity index (χ2v) is 7.93. The van der Waals surface area contributed by atoms with Gasteiger partial charge in [-0.15, -0.1) is 0 Å². The van der Waals surface area contributed by atoms with Crippen molar-refractivity contribution >= 4 is 17.6 Å². The molecule has 28 heavy (non-hydrogen) atoms. The van der Waals surface area contributed by atoms with Gasteiger partial charge in [0.15, 0.2) is 0 Å². The fraction of sp³-hybridized carbons (Fsp3) is 0.636. The summed E-state index contributed by atoms with van der Waals surface area (Å²) in [6.45, 7) is 3.64. The molecule has 0 spiro atoms. The molecule has 6 nitrogen and oxygen atoms in total. The lowest BCUT2D eigenvalue weighted by Crippen LogP contribution is -2.41. The Morgan fingerprint density at radius 1 is 1.00 bits per heavy atom. The summed E-state index contributed by atoms with van der Waals surface area (Å²) in [5, 5.41) is 5.73. The van der Waals surface area contributed by atoms with Crippen LogP contribution in [0.3, 0.4) is 0 Å². The molecule has 2 N–H and O–H groups in total. The molecule has 0 bridgehead atoms. The van der Waals surface area contributed by atoms with Gasteiger partial charge < -0.3 is 15.5 Å². The molecule has 1 heterocycles. The summed E-state index contributed by atoms with van der Waals surface area (Å²) in [5.41, 5.74) is 1.81. The third-order valence-corrected chi connectivity index (χ3v) is 6.07. The summed E-state index contributed by atoms with van der Waals surface area (Å²) >= 11 is 0. The number of anilines is 1. The number of urea groups is 1. The number of aryl methyl sites for hydroxylation is 1. The average Bonchev–Trinajstić information content (AvgIpc) is 3.00. The molecule has 0 aromatic heterocycles. The summed E-state index contributed by atoms with van der Waals surface area (Å²) in [6, 6.07) is 8.45. The van der Waals surface area contributed by atoms with Crippen LogP contribution in [0, 0.1) is 0 Å². The van der Waals surface area contributed by atoms with Crippen LogP contribution in [-0.2, 0) is 11.2 Å². The number of hydrogen-bond acceptors (Lipinski definition) is 3. The topological polar surface area (TPSA) is 64.7 Å². The van der Waals surface area contributed by atoms with Gasteiger partial charge in [-0.1, -0.05) is 37.5 Å². The summed E-state index contributed by atoms with van der Waals surface area (Å²) < 4.78 is 0. The van der Waals surface area contributed by atoms with Crippen molar-refractivity contribution in [2.24, 2.45) is 0 Å². The van der Waals surface area contributed by atoms with Crippen molar-refractivity contribution < 1.29 is 9.59 Å². The van der Waals surface area contributed by atoms with E-state index in [1.54, 1.807) is 7.05 Å². The molecule has 0 atom stereocenters. The summed E-state index contributed by atoms with van der Waals surface area (Å²) in [6.07, 6.45) is 8.75. The molecule has 6 heteroatoms. The van der Waals surface area contributed by atoms with Crippen molar-refractivity contribution in [3.05, 3.63) is 29.8 Å². The summed E-state index contributed by atoms with van der Waals surface area (Å²) in [4.78, 5) is 29.0. The standard InChI is InChI=1S/C22H34N4O2/c1-23-21(27)13-12-18-8-5-6-11-20(18)24-22(28)26-15-7-14-25(16-17-26)19-9-3-2-4-10-19/h5-6,8,11,19H,2-4,7,9-10,12-17H2,1H3,(H,23,27)(H,24,28). The lowest BCUT2D eigenvalue weighted by Gasteiger charge is -2.33. The molecule has 1 saturated carbocycles. The number of nitrogens with one attached hydrogen (secondary N) is 2. The van der Waals surface area contributed by atoms with Gasteiger partial charge in [0.25, 0.3) is 0 Å². The molecule has 1 aromatic rings. The molecule has 1 aliphatic heterocycles. The lowest BCUT2D eigenvalue weighted by molar-refractivity contribution is -0.120. The van der Waals surface area contributed by atoms with Gasteiger partial charge in [0.1, 0.15) is 0 Å². The van der Waals surface area contributed by atoms with Crippen LogP contribution in [-0.4, -0.2) is 61.0 Å². The number of nitrogens with zero attached hydrogens (tertiary/aromatic N) is 2.